The van der Waals surface area contributed by atoms with Gasteiger partial charge in [-0.05, 0) is 18.8 Å². The summed E-state index contributed by atoms with van der Waals surface area (Å²) in [6, 6.07) is 0.342. The van der Waals surface area contributed by atoms with Crippen LogP contribution >= 0.6 is 0 Å². The van der Waals surface area contributed by atoms with E-state index in [0.29, 0.717) is 12.0 Å². The third kappa shape index (κ3) is 2.13. The summed E-state index contributed by atoms with van der Waals surface area (Å²) < 4.78 is 0. The van der Waals surface area contributed by atoms with E-state index in [1.807, 2.05) is 27.0 Å². The molecule has 0 N–H and O–H groups in total. The number of hydrogen-bond acceptors (Lipinski definition) is 2. The summed E-state index contributed by atoms with van der Waals surface area (Å²) in [5.74, 6) is 0.840. The zero-order valence-corrected chi connectivity index (χ0v) is 10.6. The summed E-state index contributed by atoms with van der Waals surface area (Å²) in [4.78, 5) is 12.2. The van der Waals surface area contributed by atoms with Gasteiger partial charge in [-0.2, -0.15) is 5.10 Å². The largest absolute Gasteiger partial charge is 0.272 e. The maximum Gasteiger partial charge on any atom is 0.248 e. The molecule has 3 nitrogen and oxygen atoms in total. The lowest BCUT2D eigenvalue weighted by Gasteiger charge is -2.31. The predicted octanol–water partition coefficient (Wildman–Crippen LogP) is 2.81. The second-order valence-electron chi connectivity index (χ2n) is 6.05. The van der Waals surface area contributed by atoms with Crippen LogP contribution in [-0.2, 0) is 4.79 Å². The number of carbonyl (C=O) groups excluding carboxylic acids is 1. The number of hydrazone groups is 1. The van der Waals surface area contributed by atoms with E-state index in [1.54, 1.807) is 5.01 Å². The van der Waals surface area contributed by atoms with Crippen LogP contribution in [0.4, 0.5) is 0 Å². The lowest BCUT2D eigenvalue weighted by Crippen LogP contribution is -2.43. The van der Waals surface area contributed by atoms with Crippen molar-refractivity contribution in [1.29, 1.82) is 0 Å². The fourth-order valence-electron chi connectivity index (χ4n) is 2.71. The van der Waals surface area contributed by atoms with Gasteiger partial charge in [0, 0.05) is 18.1 Å². The molecule has 0 radical (unpaired) electrons. The molecule has 2 rings (SSSR count). The summed E-state index contributed by atoms with van der Waals surface area (Å²) in [6.07, 6.45) is 8.03. The van der Waals surface area contributed by atoms with E-state index in [0.717, 1.165) is 6.42 Å². The van der Waals surface area contributed by atoms with Crippen molar-refractivity contribution in [3.05, 3.63) is 0 Å². The monoisotopic (exact) mass is 222 g/mol. The van der Waals surface area contributed by atoms with Crippen LogP contribution < -0.4 is 0 Å². The smallest absolute Gasteiger partial charge is 0.248 e. The first-order valence-electron chi connectivity index (χ1n) is 6.36. The van der Waals surface area contributed by atoms with Gasteiger partial charge in [-0.1, -0.05) is 33.6 Å². The van der Waals surface area contributed by atoms with Crippen molar-refractivity contribution in [3.63, 3.8) is 0 Å². The standard InChI is InChI=1S/C13H22N2O/c1-13(2,3)12(16)15-11(8-9-14-15)10-6-4-5-7-10/h9-11H,4-8H2,1-3H3. The Hall–Kier alpha value is -0.860. The molecule has 0 spiro atoms. The van der Waals surface area contributed by atoms with Gasteiger partial charge in [-0.15, -0.1) is 0 Å². The minimum Gasteiger partial charge on any atom is -0.272 e. The van der Waals surface area contributed by atoms with Crippen molar-refractivity contribution in [2.75, 3.05) is 0 Å². The SMILES string of the molecule is CC(C)(C)C(=O)N1N=CCC1C1CCCC1. The first kappa shape index (κ1) is 11.6. The summed E-state index contributed by atoms with van der Waals surface area (Å²) in [5.41, 5.74) is -0.321. The second-order valence-corrected chi connectivity index (χ2v) is 6.05. The Kier molecular flexibility index (Phi) is 3.04. The van der Waals surface area contributed by atoms with Crippen LogP contribution in [0.25, 0.3) is 0 Å². The molecule has 1 aliphatic heterocycles. The van der Waals surface area contributed by atoms with Gasteiger partial charge in [0.05, 0.1) is 6.04 Å². The van der Waals surface area contributed by atoms with Crippen LogP contribution in [0.3, 0.4) is 0 Å². The molecule has 16 heavy (non-hydrogen) atoms. The second kappa shape index (κ2) is 4.19. The van der Waals surface area contributed by atoms with Gasteiger partial charge < -0.3 is 0 Å². The van der Waals surface area contributed by atoms with Crippen molar-refractivity contribution in [1.82, 2.24) is 5.01 Å². The highest BCUT2D eigenvalue weighted by Crippen LogP contribution is 2.35. The van der Waals surface area contributed by atoms with Gasteiger partial charge in [0.15, 0.2) is 0 Å². The Balaban J connectivity index is 2.08. The summed E-state index contributed by atoms with van der Waals surface area (Å²) >= 11 is 0. The highest BCUT2D eigenvalue weighted by Gasteiger charge is 2.38. The summed E-state index contributed by atoms with van der Waals surface area (Å²) in [6.45, 7) is 5.90. The quantitative estimate of drug-likeness (QED) is 0.671. The van der Waals surface area contributed by atoms with E-state index in [2.05, 4.69) is 5.10 Å². The topological polar surface area (TPSA) is 32.7 Å². The molecule has 1 amide bonds. The first-order chi connectivity index (χ1) is 7.50. The van der Waals surface area contributed by atoms with Gasteiger partial charge in [-0.25, -0.2) is 5.01 Å². The summed E-state index contributed by atoms with van der Waals surface area (Å²) in [7, 11) is 0. The highest BCUT2D eigenvalue weighted by molar-refractivity contribution is 5.83. The lowest BCUT2D eigenvalue weighted by atomic mass is 9.91. The number of nitrogens with zero attached hydrogens (tertiary/aromatic N) is 2. The Morgan fingerprint density at radius 1 is 1.31 bits per heavy atom. The molecule has 1 saturated carbocycles. The zero-order valence-electron chi connectivity index (χ0n) is 10.6. The van der Waals surface area contributed by atoms with E-state index < -0.39 is 0 Å². The van der Waals surface area contributed by atoms with Crippen molar-refractivity contribution in [2.45, 2.75) is 58.9 Å². The van der Waals surface area contributed by atoms with Gasteiger partial charge >= 0.3 is 0 Å². The number of hydrogen-bond donors (Lipinski definition) is 0. The molecular formula is C13H22N2O. The highest BCUT2D eigenvalue weighted by atomic mass is 16.2. The van der Waals surface area contributed by atoms with E-state index >= 15 is 0 Å². The molecule has 3 heteroatoms. The minimum absolute atomic E-state index is 0.165. The molecule has 0 aromatic heterocycles. The zero-order chi connectivity index (χ0) is 11.8. The third-order valence-corrected chi connectivity index (χ3v) is 3.66. The van der Waals surface area contributed by atoms with Crippen molar-refractivity contribution >= 4 is 12.1 Å². The molecule has 0 aromatic rings. The van der Waals surface area contributed by atoms with Crippen molar-refractivity contribution < 1.29 is 4.79 Å². The van der Waals surface area contributed by atoms with E-state index in [4.69, 9.17) is 0 Å². The summed E-state index contributed by atoms with van der Waals surface area (Å²) in [5, 5.41) is 6.05. The van der Waals surface area contributed by atoms with Crippen LogP contribution in [0, 0.1) is 11.3 Å². The molecule has 2 aliphatic rings. The van der Waals surface area contributed by atoms with Crippen LogP contribution in [0.2, 0.25) is 0 Å². The van der Waals surface area contributed by atoms with Gasteiger partial charge in [0.2, 0.25) is 5.91 Å². The molecule has 0 aromatic carbocycles. The molecule has 1 unspecified atom stereocenters. The molecule has 0 bridgehead atoms. The normalized spacial score (nSPS) is 26.7. The number of rotatable bonds is 1. The fourth-order valence-corrected chi connectivity index (χ4v) is 2.71. The van der Waals surface area contributed by atoms with E-state index in [9.17, 15) is 4.79 Å². The predicted molar refractivity (Wildman–Crippen MR) is 65.2 cm³/mol. The number of amides is 1. The van der Waals surface area contributed by atoms with Crippen LogP contribution in [0.5, 0.6) is 0 Å². The Morgan fingerprint density at radius 2 is 1.94 bits per heavy atom. The Morgan fingerprint density at radius 3 is 2.50 bits per heavy atom. The van der Waals surface area contributed by atoms with Gasteiger partial charge in [0.1, 0.15) is 0 Å². The first-order valence-corrected chi connectivity index (χ1v) is 6.36. The molecule has 1 aliphatic carbocycles. The average Bonchev–Trinajstić information content (AvgIpc) is 2.85. The van der Waals surface area contributed by atoms with Gasteiger partial charge in [0.25, 0.3) is 0 Å². The van der Waals surface area contributed by atoms with Crippen molar-refractivity contribution in [3.8, 4) is 0 Å². The van der Waals surface area contributed by atoms with Crippen LogP contribution in [-0.4, -0.2) is 23.2 Å². The molecule has 1 fully saturated rings. The molecule has 1 heterocycles. The fraction of sp³-hybridized carbons (Fsp3) is 0.846. The minimum atomic E-state index is -0.321. The Bertz CT molecular complexity index is 298. The van der Waals surface area contributed by atoms with E-state index in [-0.39, 0.29) is 11.3 Å². The number of carbonyl (C=O) groups is 1. The van der Waals surface area contributed by atoms with Crippen LogP contribution in [0.15, 0.2) is 5.10 Å². The maximum atomic E-state index is 12.2. The average molecular weight is 222 g/mol. The molecule has 0 saturated heterocycles. The molecule has 90 valence electrons. The lowest BCUT2D eigenvalue weighted by molar-refractivity contribution is -0.142. The third-order valence-electron chi connectivity index (χ3n) is 3.66. The van der Waals surface area contributed by atoms with Gasteiger partial charge in [-0.3, -0.25) is 4.79 Å². The van der Waals surface area contributed by atoms with Crippen LogP contribution in [0.1, 0.15) is 52.9 Å². The van der Waals surface area contributed by atoms with Crippen molar-refractivity contribution in [2.24, 2.45) is 16.4 Å². The molecule has 1 atom stereocenters. The maximum absolute atomic E-state index is 12.2. The van der Waals surface area contributed by atoms with E-state index in [1.165, 1.54) is 25.7 Å². The Labute approximate surface area is 97.9 Å². The molecular weight excluding hydrogens is 200 g/mol.